The minimum Gasteiger partial charge on any atom is -0.497 e. The summed E-state index contributed by atoms with van der Waals surface area (Å²) in [6.07, 6.45) is 0. The molecule has 6 heteroatoms. The molecule has 1 N–H and O–H groups in total. The van der Waals surface area contributed by atoms with E-state index < -0.39 is 0 Å². The number of nitrogens with one attached hydrogen (secondary N) is 1. The van der Waals surface area contributed by atoms with Crippen LogP contribution in [0.5, 0.6) is 5.75 Å². The SMILES string of the molecule is CCNC(=O)Cn1c(C(C)Cl)nc2cc(OC)ccc21. The van der Waals surface area contributed by atoms with Crippen molar-refractivity contribution in [2.24, 2.45) is 0 Å². The summed E-state index contributed by atoms with van der Waals surface area (Å²) in [6, 6.07) is 5.58. The number of alkyl halides is 1. The Morgan fingerprint density at radius 1 is 1.55 bits per heavy atom. The van der Waals surface area contributed by atoms with Crippen LogP contribution in [0.2, 0.25) is 0 Å². The van der Waals surface area contributed by atoms with E-state index in [0.717, 1.165) is 16.8 Å². The fraction of sp³-hybridized carbons (Fsp3) is 0.429. The largest absolute Gasteiger partial charge is 0.497 e. The number of aromatic nitrogens is 2. The van der Waals surface area contributed by atoms with Crippen LogP contribution in [-0.4, -0.2) is 29.1 Å². The number of hydrogen-bond acceptors (Lipinski definition) is 3. The maximum Gasteiger partial charge on any atom is 0.239 e. The van der Waals surface area contributed by atoms with Crippen LogP contribution >= 0.6 is 11.6 Å². The van der Waals surface area contributed by atoms with Crippen molar-refractivity contribution in [1.29, 1.82) is 0 Å². The molecule has 0 spiro atoms. The van der Waals surface area contributed by atoms with Crippen molar-refractivity contribution in [1.82, 2.24) is 14.9 Å². The topological polar surface area (TPSA) is 56.2 Å². The molecule has 0 aliphatic rings. The number of hydrogen-bond donors (Lipinski definition) is 1. The second-order valence-corrected chi connectivity index (χ2v) is 5.13. The third kappa shape index (κ3) is 2.88. The fourth-order valence-corrected chi connectivity index (χ4v) is 2.29. The quantitative estimate of drug-likeness (QED) is 0.862. The Bertz CT molecular complexity index is 622. The van der Waals surface area contributed by atoms with Gasteiger partial charge in [0.2, 0.25) is 5.91 Å². The number of halogens is 1. The van der Waals surface area contributed by atoms with E-state index in [9.17, 15) is 4.79 Å². The first-order valence-corrected chi connectivity index (χ1v) is 6.95. The highest BCUT2D eigenvalue weighted by Gasteiger charge is 2.17. The molecule has 1 unspecified atom stereocenters. The van der Waals surface area contributed by atoms with E-state index in [1.54, 1.807) is 7.11 Å². The van der Waals surface area contributed by atoms with Crippen LogP contribution in [0.25, 0.3) is 11.0 Å². The molecule has 1 aromatic heterocycles. The Kier molecular flexibility index (Phi) is 4.49. The van der Waals surface area contributed by atoms with E-state index in [4.69, 9.17) is 16.3 Å². The number of ether oxygens (including phenoxy) is 1. The summed E-state index contributed by atoms with van der Waals surface area (Å²) in [5.74, 6) is 1.36. The maximum absolute atomic E-state index is 11.8. The lowest BCUT2D eigenvalue weighted by molar-refractivity contribution is -0.121. The lowest BCUT2D eigenvalue weighted by atomic mass is 10.3. The van der Waals surface area contributed by atoms with Gasteiger partial charge >= 0.3 is 0 Å². The van der Waals surface area contributed by atoms with E-state index in [2.05, 4.69) is 10.3 Å². The number of benzene rings is 1. The molecular weight excluding hydrogens is 278 g/mol. The second-order valence-electron chi connectivity index (χ2n) is 4.48. The molecule has 0 aliphatic heterocycles. The molecule has 0 radical (unpaired) electrons. The first kappa shape index (κ1) is 14.7. The van der Waals surface area contributed by atoms with Crippen molar-refractivity contribution in [3.63, 3.8) is 0 Å². The smallest absolute Gasteiger partial charge is 0.239 e. The molecule has 1 atom stereocenters. The van der Waals surface area contributed by atoms with Gasteiger partial charge in [-0.3, -0.25) is 4.79 Å². The number of likely N-dealkylation sites (N-methyl/N-ethyl adjacent to an activating group) is 1. The molecule has 0 saturated heterocycles. The number of carbonyl (C=O) groups excluding carboxylic acids is 1. The molecule has 1 heterocycles. The normalized spacial score (nSPS) is 12.4. The van der Waals surface area contributed by atoms with E-state index in [-0.39, 0.29) is 17.8 Å². The zero-order valence-electron chi connectivity index (χ0n) is 11.8. The van der Waals surface area contributed by atoms with Gasteiger partial charge in [0.05, 0.1) is 23.5 Å². The van der Waals surface area contributed by atoms with Crippen molar-refractivity contribution in [2.45, 2.75) is 25.8 Å². The molecule has 2 aromatic rings. The van der Waals surface area contributed by atoms with Crippen LogP contribution in [0.1, 0.15) is 25.0 Å². The molecule has 1 amide bonds. The van der Waals surface area contributed by atoms with Gasteiger partial charge in [-0.05, 0) is 26.0 Å². The van der Waals surface area contributed by atoms with Crippen molar-refractivity contribution in [3.8, 4) is 5.75 Å². The molecule has 0 saturated carbocycles. The van der Waals surface area contributed by atoms with E-state index in [1.165, 1.54) is 0 Å². The number of methoxy groups -OCH3 is 1. The summed E-state index contributed by atoms with van der Waals surface area (Å²) in [5.41, 5.74) is 1.65. The fourth-order valence-electron chi connectivity index (χ4n) is 2.12. The molecule has 20 heavy (non-hydrogen) atoms. The molecule has 1 aromatic carbocycles. The van der Waals surface area contributed by atoms with Gasteiger partial charge < -0.3 is 14.6 Å². The third-order valence-corrected chi connectivity index (χ3v) is 3.21. The van der Waals surface area contributed by atoms with Crippen LogP contribution in [0.3, 0.4) is 0 Å². The predicted molar refractivity (Wildman–Crippen MR) is 79.2 cm³/mol. The highest BCUT2D eigenvalue weighted by molar-refractivity contribution is 6.20. The Morgan fingerprint density at radius 3 is 2.90 bits per heavy atom. The van der Waals surface area contributed by atoms with Gasteiger partial charge in [0, 0.05) is 12.6 Å². The van der Waals surface area contributed by atoms with Gasteiger partial charge in [-0.15, -0.1) is 11.6 Å². The predicted octanol–water partition coefficient (Wildman–Crippen LogP) is 2.48. The lowest BCUT2D eigenvalue weighted by Crippen LogP contribution is -2.27. The third-order valence-electron chi connectivity index (χ3n) is 3.02. The van der Waals surface area contributed by atoms with Gasteiger partial charge in [-0.1, -0.05) is 0 Å². The van der Waals surface area contributed by atoms with Crippen LogP contribution in [-0.2, 0) is 11.3 Å². The Balaban J connectivity index is 2.48. The standard InChI is InChI=1S/C14H18ClN3O2/c1-4-16-13(19)8-18-12-6-5-10(20-3)7-11(12)17-14(18)9(2)15/h5-7,9H,4,8H2,1-3H3,(H,16,19). The monoisotopic (exact) mass is 295 g/mol. The summed E-state index contributed by atoms with van der Waals surface area (Å²) in [4.78, 5) is 16.3. The summed E-state index contributed by atoms with van der Waals surface area (Å²) in [5, 5.41) is 2.51. The van der Waals surface area contributed by atoms with E-state index in [0.29, 0.717) is 12.4 Å². The van der Waals surface area contributed by atoms with E-state index >= 15 is 0 Å². The minimum absolute atomic E-state index is 0.0545. The van der Waals surface area contributed by atoms with Crippen LogP contribution in [0, 0.1) is 0 Å². The molecular formula is C14H18ClN3O2. The number of imidazole rings is 1. The van der Waals surface area contributed by atoms with Crippen molar-refractivity contribution < 1.29 is 9.53 Å². The number of nitrogens with zero attached hydrogens (tertiary/aromatic N) is 2. The van der Waals surface area contributed by atoms with Gasteiger partial charge in [0.1, 0.15) is 18.1 Å². The number of carbonyl (C=O) groups is 1. The Morgan fingerprint density at radius 2 is 2.30 bits per heavy atom. The number of fused-ring (bicyclic) bond motifs is 1. The molecule has 0 bridgehead atoms. The molecule has 5 nitrogen and oxygen atoms in total. The summed E-state index contributed by atoms with van der Waals surface area (Å²) in [6.45, 7) is 4.54. The van der Waals surface area contributed by atoms with Gasteiger partial charge in [-0.2, -0.15) is 0 Å². The van der Waals surface area contributed by atoms with E-state index in [1.807, 2.05) is 36.6 Å². The Labute approximate surface area is 122 Å². The summed E-state index contributed by atoms with van der Waals surface area (Å²) < 4.78 is 7.03. The van der Waals surface area contributed by atoms with Crippen molar-refractivity contribution in [3.05, 3.63) is 24.0 Å². The molecule has 2 rings (SSSR count). The summed E-state index contributed by atoms with van der Waals surface area (Å²) in [7, 11) is 1.61. The van der Waals surface area contributed by atoms with Crippen LogP contribution in [0.15, 0.2) is 18.2 Å². The highest BCUT2D eigenvalue weighted by Crippen LogP contribution is 2.27. The zero-order valence-corrected chi connectivity index (χ0v) is 12.6. The molecule has 108 valence electrons. The van der Waals surface area contributed by atoms with Gasteiger partial charge in [0.25, 0.3) is 0 Å². The number of amides is 1. The molecule has 0 aliphatic carbocycles. The minimum atomic E-state index is -0.275. The lowest BCUT2D eigenvalue weighted by Gasteiger charge is -2.10. The molecule has 0 fully saturated rings. The zero-order chi connectivity index (χ0) is 14.7. The van der Waals surface area contributed by atoms with Crippen molar-refractivity contribution >= 4 is 28.5 Å². The Hall–Kier alpha value is -1.75. The van der Waals surface area contributed by atoms with Gasteiger partial charge in [-0.25, -0.2) is 4.98 Å². The van der Waals surface area contributed by atoms with Crippen LogP contribution < -0.4 is 10.1 Å². The first-order chi connectivity index (χ1) is 9.56. The van der Waals surface area contributed by atoms with Crippen LogP contribution in [0.4, 0.5) is 0 Å². The maximum atomic E-state index is 11.8. The first-order valence-electron chi connectivity index (χ1n) is 6.51. The average Bonchev–Trinajstić information content (AvgIpc) is 2.77. The van der Waals surface area contributed by atoms with Gasteiger partial charge in [0.15, 0.2) is 0 Å². The summed E-state index contributed by atoms with van der Waals surface area (Å²) >= 11 is 6.17. The second kappa shape index (κ2) is 6.13. The average molecular weight is 296 g/mol. The number of rotatable bonds is 5. The van der Waals surface area contributed by atoms with Crippen molar-refractivity contribution in [2.75, 3.05) is 13.7 Å². The highest BCUT2D eigenvalue weighted by atomic mass is 35.5.